The van der Waals surface area contributed by atoms with Crippen LogP contribution in [-0.4, -0.2) is 42.1 Å². The Bertz CT molecular complexity index is 1210. The molecule has 1 amide bonds. The molecule has 166 valence electrons. The Hall–Kier alpha value is -2.80. The Labute approximate surface area is 183 Å². The number of fused-ring (bicyclic) bond motifs is 1. The first-order chi connectivity index (χ1) is 15.4. The Morgan fingerprint density at radius 2 is 1.81 bits per heavy atom. The lowest BCUT2D eigenvalue weighted by Gasteiger charge is -2.40. The molecule has 2 aromatic carbocycles. The summed E-state index contributed by atoms with van der Waals surface area (Å²) < 4.78 is 47.4. The van der Waals surface area contributed by atoms with Gasteiger partial charge < -0.3 is 14.6 Å². The molecule has 3 heterocycles. The van der Waals surface area contributed by atoms with Crippen molar-refractivity contribution in [2.75, 3.05) is 26.3 Å². The van der Waals surface area contributed by atoms with Crippen LogP contribution in [0.15, 0.2) is 36.4 Å². The van der Waals surface area contributed by atoms with Gasteiger partial charge in [-0.15, -0.1) is 0 Å². The maximum atomic E-state index is 14.5. The van der Waals surface area contributed by atoms with Crippen molar-refractivity contribution < 1.29 is 22.7 Å². The van der Waals surface area contributed by atoms with E-state index in [0.29, 0.717) is 29.5 Å². The Morgan fingerprint density at radius 3 is 2.47 bits per heavy atom. The summed E-state index contributed by atoms with van der Waals surface area (Å²) in [7, 11) is 0. The van der Waals surface area contributed by atoms with Gasteiger partial charge in [-0.25, -0.2) is 13.2 Å². The average molecular weight is 440 g/mol. The van der Waals surface area contributed by atoms with Crippen LogP contribution in [0.3, 0.4) is 0 Å². The predicted molar refractivity (Wildman–Crippen MR) is 114 cm³/mol. The van der Waals surface area contributed by atoms with Crippen LogP contribution in [0.25, 0.3) is 22.2 Å². The number of nitrogens with zero attached hydrogens (tertiary/aromatic N) is 1. The van der Waals surface area contributed by atoms with E-state index in [1.165, 1.54) is 18.2 Å². The van der Waals surface area contributed by atoms with Crippen molar-refractivity contribution in [3.05, 3.63) is 59.4 Å². The van der Waals surface area contributed by atoms with Crippen molar-refractivity contribution in [3.8, 4) is 11.3 Å². The highest BCUT2D eigenvalue weighted by Crippen LogP contribution is 2.49. The molecular formula is C25H23F3N2O2. The van der Waals surface area contributed by atoms with Gasteiger partial charge in [0.05, 0.1) is 24.4 Å². The number of aromatic amines is 1. The molecule has 3 aliphatic rings. The number of carbonyl (C=O) groups excluding carboxylic acids is 1. The minimum Gasteiger partial charge on any atom is -0.380 e. The monoisotopic (exact) mass is 440 g/mol. The van der Waals surface area contributed by atoms with Crippen LogP contribution >= 0.6 is 0 Å². The topological polar surface area (TPSA) is 45.3 Å². The summed E-state index contributed by atoms with van der Waals surface area (Å²) in [5.41, 5.74) is 2.56. The molecule has 1 aliphatic carbocycles. The highest BCUT2D eigenvalue weighted by molar-refractivity contribution is 5.92. The summed E-state index contributed by atoms with van der Waals surface area (Å²) in [4.78, 5) is 18.1. The quantitative estimate of drug-likeness (QED) is 0.623. The number of hydrogen-bond acceptors (Lipinski definition) is 2. The number of nitrogens with one attached hydrogen (secondary N) is 1. The summed E-state index contributed by atoms with van der Waals surface area (Å²) in [5, 5.41) is 0.490. The highest BCUT2D eigenvalue weighted by Gasteiger charge is 2.48. The number of H-pyrrole nitrogens is 1. The van der Waals surface area contributed by atoms with Crippen LogP contribution in [0.1, 0.15) is 30.7 Å². The van der Waals surface area contributed by atoms with E-state index in [9.17, 15) is 18.0 Å². The maximum absolute atomic E-state index is 14.5. The van der Waals surface area contributed by atoms with Crippen LogP contribution < -0.4 is 0 Å². The number of ether oxygens (including phenoxy) is 1. The zero-order valence-electron chi connectivity index (χ0n) is 17.5. The fourth-order valence-electron chi connectivity index (χ4n) is 5.57. The molecule has 32 heavy (non-hydrogen) atoms. The molecular weight excluding hydrogens is 417 g/mol. The van der Waals surface area contributed by atoms with E-state index in [0.717, 1.165) is 44.4 Å². The lowest BCUT2D eigenvalue weighted by molar-refractivity contribution is -0.141. The second-order valence-electron chi connectivity index (χ2n) is 9.60. The van der Waals surface area contributed by atoms with E-state index in [-0.39, 0.29) is 34.5 Å². The van der Waals surface area contributed by atoms with Crippen LogP contribution in [0.5, 0.6) is 0 Å². The zero-order valence-corrected chi connectivity index (χ0v) is 17.5. The molecule has 3 aromatic rings. The van der Waals surface area contributed by atoms with Gasteiger partial charge in [0.1, 0.15) is 17.5 Å². The minimum atomic E-state index is -0.661. The van der Waals surface area contributed by atoms with Gasteiger partial charge in [0.2, 0.25) is 5.91 Å². The lowest BCUT2D eigenvalue weighted by atomic mass is 9.69. The number of carbonyl (C=O) groups is 1. The number of halogens is 3. The van der Waals surface area contributed by atoms with Crippen molar-refractivity contribution in [2.45, 2.75) is 25.2 Å². The molecule has 0 bridgehead atoms. The zero-order chi connectivity index (χ0) is 22.0. The molecule has 1 spiro atoms. The third-order valence-electron chi connectivity index (χ3n) is 7.46. The van der Waals surface area contributed by atoms with Crippen molar-refractivity contribution in [1.29, 1.82) is 0 Å². The van der Waals surface area contributed by atoms with Gasteiger partial charge in [0, 0.05) is 35.9 Å². The first-order valence-electron chi connectivity index (χ1n) is 11.1. The molecule has 3 fully saturated rings. The number of rotatable bonds is 3. The van der Waals surface area contributed by atoms with Gasteiger partial charge in [0.15, 0.2) is 0 Å². The molecule has 6 rings (SSSR count). The van der Waals surface area contributed by atoms with E-state index in [1.807, 2.05) is 4.90 Å². The molecule has 7 heteroatoms. The summed E-state index contributed by atoms with van der Waals surface area (Å²) in [6, 6.07) is 8.15. The first-order valence-corrected chi connectivity index (χ1v) is 11.1. The van der Waals surface area contributed by atoms with Gasteiger partial charge in [-0.05, 0) is 66.6 Å². The van der Waals surface area contributed by atoms with E-state index in [4.69, 9.17) is 4.74 Å². The highest BCUT2D eigenvalue weighted by atomic mass is 19.1. The number of likely N-dealkylation sites (tertiary alicyclic amines) is 1. The number of hydrogen-bond donors (Lipinski definition) is 1. The molecule has 0 unspecified atom stereocenters. The lowest BCUT2D eigenvalue weighted by Crippen LogP contribution is -2.47. The fraction of sp³-hybridized carbons (Fsp3) is 0.400. The van der Waals surface area contributed by atoms with Crippen LogP contribution in [0, 0.1) is 28.8 Å². The third-order valence-corrected chi connectivity index (χ3v) is 7.46. The molecule has 0 atom stereocenters. The van der Waals surface area contributed by atoms with Crippen LogP contribution in [-0.2, 0) is 9.53 Å². The van der Waals surface area contributed by atoms with Gasteiger partial charge in [0.25, 0.3) is 0 Å². The molecule has 1 N–H and O–H groups in total. The summed E-state index contributed by atoms with van der Waals surface area (Å²) in [5.74, 6) is -1.57. The predicted octanol–water partition coefficient (Wildman–Crippen LogP) is 4.99. The minimum absolute atomic E-state index is 0.00236. The SMILES string of the molecule is O=C(C1CC(c2c(-c3ccc(F)cc3)[nH]c3c(F)cc(F)cc23)C1)N1CCC2(COC2)C1. The number of benzene rings is 2. The number of aromatic nitrogens is 1. The standard InChI is InChI=1S/C25H23F3N2O2/c26-17-3-1-14(2-4-17)22-21(19-9-18(27)10-20(28)23(19)29-22)15-7-16(8-15)24(31)30-6-5-25(11-30)12-32-13-25/h1-4,9-10,15-16,29H,5-8,11-13H2. The van der Waals surface area contributed by atoms with Gasteiger partial charge in [-0.3, -0.25) is 4.79 Å². The van der Waals surface area contributed by atoms with E-state index < -0.39 is 11.6 Å². The van der Waals surface area contributed by atoms with Crippen LogP contribution in [0.2, 0.25) is 0 Å². The molecule has 0 radical (unpaired) electrons. The van der Waals surface area contributed by atoms with Crippen molar-refractivity contribution in [3.63, 3.8) is 0 Å². The second kappa shape index (κ2) is 7.10. The maximum Gasteiger partial charge on any atom is 0.225 e. The van der Waals surface area contributed by atoms with Crippen molar-refractivity contribution >= 4 is 16.8 Å². The van der Waals surface area contributed by atoms with E-state index >= 15 is 0 Å². The third kappa shape index (κ3) is 3.05. The fourth-order valence-corrected chi connectivity index (χ4v) is 5.57. The summed E-state index contributed by atoms with van der Waals surface area (Å²) in [6.45, 7) is 3.00. The molecule has 2 saturated heterocycles. The normalized spacial score (nSPS) is 24.0. The average Bonchev–Trinajstić information content (AvgIpc) is 3.31. The van der Waals surface area contributed by atoms with E-state index in [2.05, 4.69) is 4.98 Å². The Morgan fingerprint density at radius 1 is 1.06 bits per heavy atom. The smallest absolute Gasteiger partial charge is 0.225 e. The largest absolute Gasteiger partial charge is 0.380 e. The van der Waals surface area contributed by atoms with Crippen molar-refractivity contribution in [2.24, 2.45) is 11.3 Å². The molecule has 1 saturated carbocycles. The summed E-state index contributed by atoms with van der Waals surface area (Å²) >= 11 is 0. The Kier molecular flexibility index (Phi) is 4.41. The van der Waals surface area contributed by atoms with Gasteiger partial charge in [-0.2, -0.15) is 0 Å². The molecule has 1 aromatic heterocycles. The Balaban J connectivity index is 1.30. The van der Waals surface area contributed by atoms with Gasteiger partial charge >= 0.3 is 0 Å². The first kappa shape index (κ1) is 19.9. The van der Waals surface area contributed by atoms with Crippen molar-refractivity contribution in [1.82, 2.24) is 9.88 Å². The number of amides is 1. The summed E-state index contributed by atoms with van der Waals surface area (Å²) in [6.07, 6.45) is 2.26. The van der Waals surface area contributed by atoms with E-state index in [1.54, 1.807) is 12.1 Å². The second-order valence-corrected chi connectivity index (χ2v) is 9.60. The van der Waals surface area contributed by atoms with Gasteiger partial charge in [-0.1, -0.05) is 0 Å². The molecule has 2 aliphatic heterocycles. The molecule has 4 nitrogen and oxygen atoms in total. The van der Waals surface area contributed by atoms with Crippen LogP contribution in [0.4, 0.5) is 13.2 Å².